The molecule has 0 aromatic heterocycles. The van der Waals surface area contributed by atoms with Crippen LogP contribution in [0.4, 0.5) is 5.69 Å². The van der Waals surface area contributed by atoms with Crippen LogP contribution in [0.25, 0.3) is 0 Å². The predicted molar refractivity (Wildman–Crippen MR) is 87.8 cm³/mol. The van der Waals surface area contributed by atoms with Crippen molar-refractivity contribution in [1.29, 1.82) is 0 Å². The summed E-state index contributed by atoms with van der Waals surface area (Å²) in [5, 5.41) is 13.7. The number of para-hydroxylation sites is 1. The fraction of sp³-hybridized carbons (Fsp3) is 0.529. The van der Waals surface area contributed by atoms with E-state index < -0.39 is 6.10 Å². The second-order valence-corrected chi connectivity index (χ2v) is 6.14. The van der Waals surface area contributed by atoms with Crippen molar-refractivity contribution in [3.63, 3.8) is 0 Å². The van der Waals surface area contributed by atoms with Crippen LogP contribution in [0, 0.1) is 11.8 Å². The van der Waals surface area contributed by atoms with Crippen LogP contribution in [0.2, 0.25) is 5.02 Å². The second-order valence-electron chi connectivity index (χ2n) is 5.73. The molecular formula is C17H24ClNO2. The van der Waals surface area contributed by atoms with Gasteiger partial charge in [-0.3, -0.25) is 0 Å². The molecule has 0 fully saturated rings. The Bertz CT molecular complexity index is 464. The van der Waals surface area contributed by atoms with E-state index in [1.807, 2.05) is 24.3 Å². The Morgan fingerprint density at radius 1 is 1.33 bits per heavy atom. The first-order valence-electron chi connectivity index (χ1n) is 7.56. The van der Waals surface area contributed by atoms with E-state index in [0.29, 0.717) is 36.6 Å². The molecule has 0 heterocycles. The molecule has 0 spiro atoms. The summed E-state index contributed by atoms with van der Waals surface area (Å²) in [6, 6.07) is 7.51. The highest BCUT2D eigenvalue weighted by atomic mass is 35.5. The van der Waals surface area contributed by atoms with E-state index in [4.69, 9.17) is 16.3 Å². The topological polar surface area (TPSA) is 41.5 Å². The highest BCUT2D eigenvalue weighted by Gasteiger charge is 2.18. The molecule has 0 bridgehead atoms. The lowest BCUT2D eigenvalue weighted by Gasteiger charge is -2.25. The molecule has 0 saturated carbocycles. The Hall–Kier alpha value is -1.03. The van der Waals surface area contributed by atoms with Gasteiger partial charge in [-0.05, 0) is 36.8 Å². The second kappa shape index (κ2) is 8.42. The summed E-state index contributed by atoms with van der Waals surface area (Å²) in [5.74, 6) is 1.23. The van der Waals surface area contributed by atoms with Crippen molar-refractivity contribution in [2.24, 2.45) is 11.8 Å². The number of hydrogen-bond donors (Lipinski definition) is 2. The molecule has 1 aliphatic carbocycles. The molecule has 2 N–H and O–H groups in total. The summed E-state index contributed by atoms with van der Waals surface area (Å²) in [4.78, 5) is 0. The Balaban J connectivity index is 1.65. The van der Waals surface area contributed by atoms with Gasteiger partial charge in [0.15, 0.2) is 0 Å². The minimum atomic E-state index is -0.532. The lowest BCUT2D eigenvalue weighted by Crippen LogP contribution is -2.27. The van der Waals surface area contributed by atoms with E-state index in [2.05, 4.69) is 24.4 Å². The van der Waals surface area contributed by atoms with Crippen molar-refractivity contribution in [1.82, 2.24) is 0 Å². The smallest absolute Gasteiger partial charge is 0.0945 e. The van der Waals surface area contributed by atoms with Crippen molar-refractivity contribution in [3.8, 4) is 0 Å². The van der Waals surface area contributed by atoms with Gasteiger partial charge in [-0.25, -0.2) is 0 Å². The van der Waals surface area contributed by atoms with Crippen LogP contribution in [0.5, 0.6) is 0 Å². The largest absolute Gasteiger partial charge is 0.389 e. The Kier molecular flexibility index (Phi) is 6.55. The fourth-order valence-electron chi connectivity index (χ4n) is 2.49. The highest BCUT2D eigenvalue weighted by Crippen LogP contribution is 2.25. The molecule has 3 atom stereocenters. The number of aliphatic hydroxyl groups excluding tert-OH is 1. The highest BCUT2D eigenvalue weighted by molar-refractivity contribution is 6.33. The van der Waals surface area contributed by atoms with Crippen LogP contribution in [0.1, 0.15) is 19.8 Å². The Labute approximate surface area is 132 Å². The maximum Gasteiger partial charge on any atom is 0.0945 e. The van der Waals surface area contributed by atoms with Crippen molar-refractivity contribution >= 4 is 17.3 Å². The standard InChI is InChI=1S/C17H24ClNO2/c1-13-6-2-3-7-14(13)11-21-12-15(20)10-19-17-9-5-4-8-16(17)18/h2-5,8-9,13-15,19-20H,6-7,10-12H2,1H3. The zero-order valence-electron chi connectivity index (χ0n) is 12.5. The molecular weight excluding hydrogens is 286 g/mol. The minimum absolute atomic E-state index is 0.352. The Morgan fingerprint density at radius 2 is 2.10 bits per heavy atom. The minimum Gasteiger partial charge on any atom is -0.389 e. The van der Waals surface area contributed by atoms with Crippen LogP contribution in [0.15, 0.2) is 36.4 Å². The van der Waals surface area contributed by atoms with Gasteiger partial charge in [0.05, 0.1) is 30.0 Å². The van der Waals surface area contributed by atoms with Crippen LogP contribution in [0.3, 0.4) is 0 Å². The quantitative estimate of drug-likeness (QED) is 0.754. The molecule has 0 amide bonds. The fourth-order valence-corrected chi connectivity index (χ4v) is 2.69. The molecule has 2 rings (SSSR count). The summed E-state index contributed by atoms with van der Waals surface area (Å²) in [6.45, 7) is 3.76. The van der Waals surface area contributed by atoms with Gasteiger partial charge in [-0.2, -0.15) is 0 Å². The van der Waals surface area contributed by atoms with Gasteiger partial charge in [-0.1, -0.05) is 42.8 Å². The van der Waals surface area contributed by atoms with Crippen molar-refractivity contribution < 1.29 is 9.84 Å². The molecule has 3 unspecified atom stereocenters. The third kappa shape index (κ3) is 5.34. The molecule has 1 aromatic carbocycles. The van der Waals surface area contributed by atoms with Crippen molar-refractivity contribution in [2.75, 3.05) is 25.1 Å². The number of hydrogen-bond acceptors (Lipinski definition) is 3. The van der Waals surface area contributed by atoms with E-state index in [1.54, 1.807) is 0 Å². The number of anilines is 1. The van der Waals surface area contributed by atoms with Crippen molar-refractivity contribution in [3.05, 3.63) is 41.4 Å². The number of allylic oxidation sites excluding steroid dienone is 2. The zero-order chi connectivity index (χ0) is 15.1. The maximum absolute atomic E-state index is 9.95. The first-order chi connectivity index (χ1) is 10.2. The van der Waals surface area contributed by atoms with Gasteiger partial charge in [0.1, 0.15) is 0 Å². The molecule has 1 aliphatic rings. The number of benzene rings is 1. The monoisotopic (exact) mass is 309 g/mol. The molecule has 0 radical (unpaired) electrons. The van der Waals surface area contributed by atoms with Gasteiger partial charge in [0.2, 0.25) is 0 Å². The molecule has 116 valence electrons. The third-order valence-corrected chi connectivity index (χ3v) is 4.29. The lowest BCUT2D eigenvalue weighted by atomic mass is 9.85. The van der Waals surface area contributed by atoms with Gasteiger partial charge < -0.3 is 15.2 Å². The summed E-state index contributed by atoms with van der Waals surface area (Å²) < 4.78 is 5.67. The van der Waals surface area contributed by atoms with Gasteiger partial charge >= 0.3 is 0 Å². The number of rotatable bonds is 7. The van der Waals surface area contributed by atoms with Crippen LogP contribution < -0.4 is 5.32 Å². The third-order valence-electron chi connectivity index (χ3n) is 3.96. The van der Waals surface area contributed by atoms with Crippen LogP contribution in [-0.4, -0.2) is 31.0 Å². The lowest BCUT2D eigenvalue weighted by molar-refractivity contribution is 0.0175. The van der Waals surface area contributed by atoms with Gasteiger partial charge in [0.25, 0.3) is 0 Å². The first kappa shape index (κ1) is 16.3. The summed E-state index contributed by atoms with van der Waals surface area (Å²) in [7, 11) is 0. The average Bonchev–Trinajstić information content (AvgIpc) is 2.48. The molecule has 4 heteroatoms. The van der Waals surface area contributed by atoms with Crippen LogP contribution >= 0.6 is 11.6 Å². The normalized spacial score (nSPS) is 23.0. The molecule has 3 nitrogen and oxygen atoms in total. The summed E-state index contributed by atoms with van der Waals surface area (Å²) in [5.41, 5.74) is 0.837. The summed E-state index contributed by atoms with van der Waals surface area (Å²) in [6.07, 6.45) is 6.14. The summed E-state index contributed by atoms with van der Waals surface area (Å²) >= 11 is 6.05. The number of ether oxygens (including phenoxy) is 1. The average molecular weight is 310 g/mol. The maximum atomic E-state index is 9.95. The number of aliphatic hydroxyl groups is 1. The van der Waals surface area contributed by atoms with E-state index in [0.717, 1.165) is 18.5 Å². The zero-order valence-corrected chi connectivity index (χ0v) is 13.2. The van der Waals surface area contributed by atoms with Gasteiger partial charge in [0, 0.05) is 6.54 Å². The molecule has 0 aliphatic heterocycles. The van der Waals surface area contributed by atoms with Crippen LogP contribution in [-0.2, 0) is 4.74 Å². The van der Waals surface area contributed by atoms with E-state index in [9.17, 15) is 5.11 Å². The predicted octanol–water partition coefficient (Wildman–Crippen LogP) is 3.73. The Morgan fingerprint density at radius 3 is 2.86 bits per heavy atom. The van der Waals surface area contributed by atoms with E-state index in [1.165, 1.54) is 0 Å². The van der Waals surface area contributed by atoms with Crippen molar-refractivity contribution in [2.45, 2.75) is 25.9 Å². The molecule has 1 aromatic rings. The SMILES string of the molecule is CC1CC=CCC1COCC(O)CNc1ccccc1Cl. The van der Waals surface area contributed by atoms with E-state index >= 15 is 0 Å². The number of nitrogens with one attached hydrogen (secondary N) is 1. The molecule has 0 saturated heterocycles. The number of halogens is 1. The molecule has 21 heavy (non-hydrogen) atoms. The van der Waals surface area contributed by atoms with E-state index in [-0.39, 0.29) is 0 Å². The first-order valence-corrected chi connectivity index (χ1v) is 7.94. The van der Waals surface area contributed by atoms with Gasteiger partial charge in [-0.15, -0.1) is 0 Å².